The fraction of sp³-hybridized carbons (Fsp3) is 0.385. The number of nitrogens with zero attached hydrogens (tertiary/aromatic N) is 2. The SMILES string of the molecule is Cc1cc(C#N)c(C(C)(C)C)c(C#N)c1. The summed E-state index contributed by atoms with van der Waals surface area (Å²) in [4.78, 5) is 0. The van der Waals surface area contributed by atoms with Gasteiger partial charge in [0.2, 0.25) is 0 Å². The molecule has 0 bridgehead atoms. The second-order valence-electron chi connectivity index (χ2n) is 4.71. The van der Waals surface area contributed by atoms with Crippen LogP contribution in [0.3, 0.4) is 0 Å². The second-order valence-corrected chi connectivity index (χ2v) is 4.71. The third-order valence-corrected chi connectivity index (χ3v) is 2.27. The third kappa shape index (κ3) is 2.17. The maximum absolute atomic E-state index is 9.07. The molecule has 0 heterocycles. The van der Waals surface area contributed by atoms with E-state index in [2.05, 4.69) is 12.1 Å². The maximum atomic E-state index is 9.07. The molecule has 1 rings (SSSR count). The van der Waals surface area contributed by atoms with Crippen molar-refractivity contribution in [3.8, 4) is 12.1 Å². The Morgan fingerprint density at radius 2 is 1.40 bits per heavy atom. The molecule has 0 aliphatic carbocycles. The van der Waals surface area contributed by atoms with E-state index < -0.39 is 0 Å². The van der Waals surface area contributed by atoms with Crippen LogP contribution in [-0.2, 0) is 5.41 Å². The standard InChI is InChI=1S/C13H14N2/c1-9-5-10(7-14)12(13(2,3)4)11(6-9)8-15/h5-6H,1-4H3. The molecule has 76 valence electrons. The van der Waals surface area contributed by atoms with Gasteiger partial charge in [-0.25, -0.2) is 0 Å². The molecule has 0 amide bonds. The molecule has 2 heteroatoms. The van der Waals surface area contributed by atoms with Crippen LogP contribution in [0, 0.1) is 29.6 Å². The van der Waals surface area contributed by atoms with Gasteiger partial charge in [-0.05, 0) is 35.6 Å². The maximum Gasteiger partial charge on any atom is 0.0995 e. The Morgan fingerprint density at radius 1 is 1.00 bits per heavy atom. The Kier molecular flexibility index (Phi) is 2.82. The molecule has 0 saturated heterocycles. The van der Waals surface area contributed by atoms with Crippen molar-refractivity contribution < 1.29 is 0 Å². The summed E-state index contributed by atoms with van der Waals surface area (Å²) >= 11 is 0. The Hall–Kier alpha value is -1.80. The topological polar surface area (TPSA) is 47.6 Å². The first-order valence-corrected chi connectivity index (χ1v) is 4.85. The van der Waals surface area contributed by atoms with Gasteiger partial charge in [0.15, 0.2) is 0 Å². The number of aryl methyl sites for hydroxylation is 1. The molecule has 15 heavy (non-hydrogen) atoms. The van der Waals surface area contributed by atoms with Crippen LogP contribution >= 0.6 is 0 Å². The predicted octanol–water partition coefficient (Wildman–Crippen LogP) is 3.04. The molecule has 0 saturated carbocycles. The molecule has 0 aliphatic heterocycles. The first kappa shape index (κ1) is 11.3. The monoisotopic (exact) mass is 198 g/mol. The fourth-order valence-corrected chi connectivity index (χ4v) is 1.77. The van der Waals surface area contributed by atoms with Crippen molar-refractivity contribution in [2.45, 2.75) is 33.1 Å². The van der Waals surface area contributed by atoms with Crippen LogP contribution in [-0.4, -0.2) is 0 Å². The van der Waals surface area contributed by atoms with Crippen LogP contribution in [0.2, 0.25) is 0 Å². The van der Waals surface area contributed by atoms with Crippen molar-refractivity contribution >= 4 is 0 Å². The molecule has 0 spiro atoms. The van der Waals surface area contributed by atoms with E-state index in [0.717, 1.165) is 11.1 Å². The lowest BCUT2D eigenvalue weighted by molar-refractivity contribution is 0.586. The minimum absolute atomic E-state index is 0.177. The Labute approximate surface area is 90.8 Å². The van der Waals surface area contributed by atoms with Gasteiger partial charge in [0.1, 0.15) is 0 Å². The zero-order valence-electron chi connectivity index (χ0n) is 9.55. The number of hydrogen-bond acceptors (Lipinski definition) is 2. The van der Waals surface area contributed by atoms with Gasteiger partial charge in [-0.15, -0.1) is 0 Å². The summed E-state index contributed by atoms with van der Waals surface area (Å²) in [7, 11) is 0. The highest BCUT2D eigenvalue weighted by Gasteiger charge is 2.22. The lowest BCUT2D eigenvalue weighted by atomic mass is 9.80. The van der Waals surface area contributed by atoms with Gasteiger partial charge in [-0.2, -0.15) is 10.5 Å². The Balaban J connectivity index is 3.63. The van der Waals surface area contributed by atoms with Gasteiger partial charge in [-0.1, -0.05) is 20.8 Å². The van der Waals surface area contributed by atoms with E-state index in [1.165, 1.54) is 0 Å². The van der Waals surface area contributed by atoms with E-state index in [1.54, 1.807) is 0 Å². The molecule has 1 aromatic rings. The molecule has 0 aliphatic rings. The molecule has 0 fully saturated rings. The molecule has 0 aromatic heterocycles. The van der Waals surface area contributed by atoms with E-state index in [1.807, 2.05) is 39.8 Å². The molecular formula is C13H14N2. The second kappa shape index (κ2) is 3.75. The highest BCUT2D eigenvalue weighted by molar-refractivity contribution is 5.53. The zero-order valence-corrected chi connectivity index (χ0v) is 9.55. The van der Waals surface area contributed by atoms with Crippen molar-refractivity contribution in [3.05, 3.63) is 34.4 Å². The van der Waals surface area contributed by atoms with E-state index in [-0.39, 0.29) is 5.41 Å². The normalized spacial score (nSPS) is 10.5. The molecule has 0 unspecified atom stereocenters. The van der Waals surface area contributed by atoms with Crippen molar-refractivity contribution in [1.29, 1.82) is 10.5 Å². The average Bonchev–Trinajstić information content (AvgIpc) is 2.14. The van der Waals surface area contributed by atoms with E-state index in [4.69, 9.17) is 10.5 Å². The number of rotatable bonds is 0. The van der Waals surface area contributed by atoms with Crippen LogP contribution in [0.5, 0.6) is 0 Å². The fourth-order valence-electron chi connectivity index (χ4n) is 1.77. The summed E-state index contributed by atoms with van der Waals surface area (Å²) in [6.07, 6.45) is 0. The van der Waals surface area contributed by atoms with Crippen molar-refractivity contribution in [2.24, 2.45) is 0 Å². The molecule has 2 nitrogen and oxygen atoms in total. The number of hydrogen-bond donors (Lipinski definition) is 0. The summed E-state index contributed by atoms with van der Waals surface area (Å²) in [5, 5.41) is 18.1. The van der Waals surface area contributed by atoms with Crippen molar-refractivity contribution in [1.82, 2.24) is 0 Å². The lowest BCUT2D eigenvalue weighted by Crippen LogP contribution is -2.15. The van der Waals surface area contributed by atoms with Crippen LogP contribution in [0.25, 0.3) is 0 Å². The van der Waals surface area contributed by atoms with Gasteiger partial charge < -0.3 is 0 Å². The van der Waals surface area contributed by atoms with Gasteiger partial charge in [0, 0.05) is 0 Å². The zero-order chi connectivity index (χ0) is 11.6. The summed E-state index contributed by atoms with van der Waals surface area (Å²) in [6, 6.07) is 8.00. The molecular weight excluding hydrogens is 184 g/mol. The lowest BCUT2D eigenvalue weighted by Gasteiger charge is -2.22. The molecule has 0 N–H and O–H groups in total. The quantitative estimate of drug-likeness (QED) is 0.643. The summed E-state index contributed by atoms with van der Waals surface area (Å²) in [5.74, 6) is 0. The summed E-state index contributed by atoms with van der Waals surface area (Å²) in [6.45, 7) is 7.94. The summed E-state index contributed by atoms with van der Waals surface area (Å²) in [5.41, 5.74) is 2.84. The first-order valence-electron chi connectivity index (χ1n) is 4.85. The highest BCUT2D eigenvalue weighted by atomic mass is 14.3. The van der Waals surface area contributed by atoms with Gasteiger partial charge >= 0.3 is 0 Å². The van der Waals surface area contributed by atoms with Crippen molar-refractivity contribution in [2.75, 3.05) is 0 Å². The summed E-state index contributed by atoms with van der Waals surface area (Å²) < 4.78 is 0. The average molecular weight is 198 g/mol. The van der Waals surface area contributed by atoms with Crippen molar-refractivity contribution in [3.63, 3.8) is 0 Å². The predicted molar refractivity (Wildman–Crippen MR) is 59.3 cm³/mol. The van der Waals surface area contributed by atoms with Gasteiger partial charge in [0.25, 0.3) is 0 Å². The van der Waals surface area contributed by atoms with Gasteiger partial charge in [-0.3, -0.25) is 0 Å². The van der Waals surface area contributed by atoms with Gasteiger partial charge in [0.05, 0.1) is 23.3 Å². The smallest absolute Gasteiger partial charge is 0.0995 e. The van der Waals surface area contributed by atoms with Crippen LogP contribution in [0.15, 0.2) is 12.1 Å². The third-order valence-electron chi connectivity index (χ3n) is 2.27. The minimum Gasteiger partial charge on any atom is -0.192 e. The van der Waals surface area contributed by atoms with Crippen LogP contribution in [0.1, 0.15) is 43.0 Å². The van der Waals surface area contributed by atoms with E-state index in [9.17, 15) is 0 Å². The largest absolute Gasteiger partial charge is 0.192 e. The molecule has 0 atom stereocenters. The Bertz CT molecular complexity index is 430. The Morgan fingerprint density at radius 3 is 1.67 bits per heavy atom. The first-order chi connectivity index (χ1) is 6.90. The number of nitriles is 2. The van der Waals surface area contributed by atoms with Crippen LogP contribution < -0.4 is 0 Å². The van der Waals surface area contributed by atoms with Crippen LogP contribution in [0.4, 0.5) is 0 Å². The molecule has 0 radical (unpaired) electrons. The molecule has 1 aromatic carbocycles. The highest BCUT2D eigenvalue weighted by Crippen LogP contribution is 2.29. The van der Waals surface area contributed by atoms with E-state index in [0.29, 0.717) is 11.1 Å². The van der Waals surface area contributed by atoms with E-state index >= 15 is 0 Å². The minimum atomic E-state index is -0.177. The number of benzene rings is 1.